The van der Waals surface area contributed by atoms with Gasteiger partial charge in [0.15, 0.2) is 6.61 Å². The van der Waals surface area contributed by atoms with E-state index < -0.39 is 4.92 Å². The monoisotopic (exact) mass is 350 g/mol. The van der Waals surface area contributed by atoms with Crippen LogP contribution in [0.15, 0.2) is 36.4 Å². The molecular weight excluding hydrogens is 336 g/mol. The molecule has 0 radical (unpaired) electrons. The van der Waals surface area contributed by atoms with Crippen molar-refractivity contribution in [2.45, 2.75) is 6.92 Å². The van der Waals surface area contributed by atoms with Crippen molar-refractivity contribution < 1.29 is 19.2 Å². The van der Waals surface area contributed by atoms with Crippen LogP contribution in [0.1, 0.15) is 5.56 Å². The van der Waals surface area contributed by atoms with Gasteiger partial charge in [0.05, 0.1) is 17.1 Å². The van der Waals surface area contributed by atoms with Crippen LogP contribution in [0.4, 0.5) is 11.4 Å². The Morgan fingerprint density at radius 3 is 2.62 bits per heavy atom. The molecule has 0 fully saturated rings. The third-order valence-corrected chi connectivity index (χ3v) is 3.47. The Bertz CT molecular complexity index is 779. The van der Waals surface area contributed by atoms with E-state index in [-0.39, 0.29) is 18.2 Å². The fraction of sp³-hybridized carbons (Fsp3) is 0.188. The molecule has 0 spiro atoms. The highest BCUT2D eigenvalue weighted by Crippen LogP contribution is 2.27. The van der Waals surface area contributed by atoms with E-state index in [2.05, 4.69) is 5.32 Å². The zero-order chi connectivity index (χ0) is 17.7. The largest absolute Gasteiger partial charge is 0.495 e. The number of rotatable bonds is 6. The Labute approximate surface area is 143 Å². The maximum absolute atomic E-state index is 11.9. The number of ether oxygens (including phenoxy) is 2. The third-order valence-electron chi connectivity index (χ3n) is 3.17. The Morgan fingerprint density at radius 2 is 2.04 bits per heavy atom. The summed E-state index contributed by atoms with van der Waals surface area (Å²) < 4.78 is 10.4. The Hall–Kier alpha value is -2.80. The highest BCUT2D eigenvalue weighted by Gasteiger charge is 2.12. The summed E-state index contributed by atoms with van der Waals surface area (Å²) in [4.78, 5) is 22.2. The van der Waals surface area contributed by atoms with Gasteiger partial charge >= 0.3 is 0 Å². The Morgan fingerprint density at radius 1 is 1.29 bits per heavy atom. The first kappa shape index (κ1) is 17.6. The lowest BCUT2D eigenvalue weighted by molar-refractivity contribution is -0.385. The number of amides is 1. The van der Waals surface area contributed by atoms with Crippen LogP contribution in [0.3, 0.4) is 0 Å². The first-order valence-electron chi connectivity index (χ1n) is 6.92. The normalized spacial score (nSPS) is 10.1. The molecule has 1 N–H and O–H groups in total. The lowest BCUT2D eigenvalue weighted by Crippen LogP contribution is -2.20. The molecule has 0 unspecified atom stereocenters. The predicted octanol–water partition coefficient (Wildman–Crippen LogP) is 3.58. The molecule has 0 aliphatic heterocycles. The van der Waals surface area contributed by atoms with Gasteiger partial charge in [0.1, 0.15) is 11.5 Å². The summed E-state index contributed by atoms with van der Waals surface area (Å²) >= 11 is 5.98. The molecule has 24 heavy (non-hydrogen) atoms. The number of nitrogens with one attached hydrogen (secondary N) is 1. The Kier molecular flexibility index (Phi) is 5.59. The van der Waals surface area contributed by atoms with Gasteiger partial charge < -0.3 is 14.8 Å². The number of carbonyl (C=O) groups is 1. The number of hydrogen-bond donors (Lipinski definition) is 1. The summed E-state index contributed by atoms with van der Waals surface area (Å²) in [6.07, 6.45) is 0. The average molecular weight is 351 g/mol. The minimum absolute atomic E-state index is 0.000300. The molecule has 2 aromatic carbocycles. The van der Waals surface area contributed by atoms with Gasteiger partial charge in [0.2, 0.25) is 0 Å². The standard InChI is InChI=1S/C16H15ClN2O5/c1-10-7-12(4-5-14(10)19(21)22)24-9-16(20)18-11-3-6-15(23-2)13(17)8-11/h3-8H,9H2,1-2H3,(H,18,20). The van der Waals surface area contributed by atoms with Crippen LogP contribution in [0.2, 0.25) is 5.02 Å². The van der Waals surface area contributed by atoms with E-state index >= 15 is 0 Å². The predicted molar refractivity (Wildman–Crippen MR) is 90.0 cm³/mol. The van der Waals surface area contributed by atoms with Crippen molar-refractivity contribution in [2.75, 3.05) is 19.0 Å². The molecule has 0 atom stereocenters. The van der Waals surface area contributed by atoms with Gasteiger partial charge in [-0.25, -0.2) is 0 Å². The molecule has 2 aromatic rings. The van der Waals surface area contributed by atoms with Crippen LogP contribution >= 0.6 is 11.6 Å². The number of hydrogen-bond acceptors (Lipinski definition) is 5. The van der Waals surface area contributed by atoms with Crippen molar-refractivity contribution in [1.29, 1.82) is 0 Å². The van der Waals surface area contributed by atoms with Gasteiger partial charge in [0, 0.05) is 17.3 Å². The number of methoxy groups -OCH3 is 1. The van der Waals surface area contributed by atoms with Crippen LogP contribution < -0.4 is 14.8 Å². The van der Waals surface area contributed by atoms with E-state index in [4.69, 9.17) is 21.1 Å². The highest BCUT2D eigenvalue weighted by atomic mass is 35.5. The number of halogens is 1. The minimum atomic E-state index is -0.473. The quantitative estimate of drug-likeness (QED) is 0.635. The summed E-state index contributed by atoms with van der Waals surface area (Å²) in [5.74, 6) is 0.500. The maximum Gasteiger partial charge on any atom is 0.272 e. The van der Waals surface area contributed by atoms with Crippen molar-refractivity contribution in [3.8, 4) is 11.5 Å². The zero-order valence-electron chi connectivity index (χ0n) is 13.0. The number of nitro benzene ring substituents is 1. The van der Waals surface area contributed by atoms with Crippen molar-refractivity contribution in [1.82, 2.24) is 0 Å². The fourth-order valence-corrected chi connectivity index (χ4v) is 2.27. The molecule has 126 valence electrons. The molecule has 0 aromatic heterocycles. The van der Waals surface area contributed by atoms with Gasteiger partial charge in [-0.2, -0.15) is 0 Å². The summed E-state index contributed by atoms with van der Waals surface area (Å²) in [5.41, 5.74) is 0.966. The molecule has 0 saturated heterocycles. The van der Waals surface area contributed by atoms with Crippen molar-refractivity contribution in [3.05, 3.63) is 57.1 Å². The smallest absolute Gasteiger partial charge is 0.272 e. The van der Waals surface area contributed by atoms with Gasteiger partial charge in [-0.05, 0) is 37.3 Å². The second-order valence-electron chi connectivity index (χ2n) is 4.89. The van der Waals surface area contributed by atoms with E-state index in [9.17, 15) is 14.9 Å². The van der Waals surface area contributed by atoms with Gasteiger partial charge in [-0.1, -0.05) is 11.6 Å². The van der Waals surface area contributed by atoms with Gasteiger partial charge in [-0.15, -0.1) is 0 Å². The van der Waals surface area contributed by atoms with E-state index in [0.29, 0.717) is 27.8 Å². The second-order valence-corrected chi connectivity index (χ2v) is 5.30. The fourth-order valence-electron chi connectivity index (χ4n) is 2.01. The summed E-state index contributed by atoms with van der Waals surface area (Å²) in [5, 5.41) is 13.8. The van der Waals surface area contributed by atoms with Crippen LogP contribution in [0, 0.1) is 17.0 Å². The van der Waals surface area contributed by atoms with Crippen LogP contribution in [0.5, 0.6) is 11.5 Å². The van der Waals surface area contributed by atoms with Crippen LogP contribution in [0.25, 0.3) is 0 Å². The molecule has 0 heterocycles. The third kappa shape index (κ3) is 4.36. The molecule has 0 aliphatic rings. The lowest BCUT2D eigenvalue weighted by atomic mass is 10.2. The molecule has 7 nitrogen and oxygen atoms in total. The molecule has 0 aliphatic carbocycles. The molecule has 0 saturated carbocycles. The van der Waals surface area contributed by atoms with E-state index in [1.165, 1.54) is 25.3 Å². The number of nitrogens with zero attached hydrogens (tertiary/aromatic N) is 1. The first-order chi connectivity index (χ1) is 11.4. The van der Waals surface area contributed by atoms with Crippen molar-refractivity contribution in [2.24, 2.45) is 0 Å². The summed E-state index contributed by atoms with van der Waals surface area (Å²) in [6, 6.07) is 9.15. The Balaban J connectivity index is 1.95. The second kappa shape index (κ2) is 7.65. The summed E-state index contributed by atoms with van der Waals surface area (Å²) in [6.45, 7) is 1.37. The van der Waals surface area contributed by atoms with Crippen molar-refractivity contribution >= 4 is 28.9 Å². The molecule has 8 heteroatoms. The van der Waals surface area contributed by atoms with E-state index in [1.54, 1.807) is 25.1 Å². The van der Waals surface area contributed by atoms with E-state index in [1.807, 2.05) is 0 Å². The molecular formula is C16H15ClN2O5. The number of carbonyl (C=O) groups excluding carboxylic acids is 1. The van der Waals surface area contributed by atoms with Crippen LogP contribution in [-0.4, -0.2) is 24.5 Å². The molecule has 2 rings (SSSR count). The lowest BCUT2D eigenvalue weighted by Gasteiger charge is -2.09. The first-order valence-corrected chi connectivity index (χ1v) is 7.29. The number of anilines is 1. The molecule has 1 amide bonds. The van der Waals surface area contributed by atoms with Crippen LogP contribution in [-0.2, 0) is 4.79 Å². The summed E-state index contributed by atoms with van der Waals surface area (Å²) in [7, 11) is 1.50. The zero-order valence-corrected chi connectivity index (χ0v) is 13.8. The molecule has 0 bridgehead atoms. The number of aryl methyl sites for hydroxylation is 1. The van der Waals surface area contributed by atoms with Crippen molar-refractivity contribution in [3.63, 3.8) is 0 Å². The number of nitro groups is 1. The average Bonchev–Trinajstić information content (AvgIpc) is 2.53. The maximum atomic E-state index is 11.9. The van der Waals surface area contributed by atoms with Gasteiger partial charge in [0.25, 0.3) is 11.6 Å². The van der Waals surface area contributed by atoms with E-state index in [0.717, 1.165) is 0 Å². The minimum Gasteiger partial charge on any atom is -0.495 e. The highest BCUT2D eigenvalue weighted by molar-refractivity contribution is 6.32. The number of benzene rings is 2. The SMILES string of the molecule is COc1ccc(NC(=O)COc2ccc([N+](=O)[O-])c(C)c2)cc1Cl. The van der Waals surface area contributed by atoms with Gasteiger partial charge in [-0.3, -0.25) is 14.9 Å². The topological polar surface area (TPSA) is 90.7 Å².